The molecule has 0 spiro atoms. The first-order chi connectivity index (χ1) is 8.65. The summed E-state index contributed by atoms with van der Waals surface area (Å²) in [6.45, 7) is 3.07. The first-order valence-corrected chi connectivity index (χ1v) is 7.25. The van der Waals surface area contributed by atoms with Crippen LogP contribution in [-0.2, 0) is 13.0 Å². The van der Waals surface area contributed by atoms with Crippen molar-refractivity contribution in [3.63, 3.8) is 0 Å². The van der Waals surface area contributed by atoms with Gasteiger partial charge in [-0.3, -0.25) is 4.90 Å². The van der Waals surface area contributed by atoms with Crippen LogP contribution in [0.25, 0.3) is 0 Å². The lowest BCUT2D eigenvalue weighted by molar-refractivity contribution is 0.246. The van der Waals surface area contributed by atoms with E-state index in [1.165, 1.54) is 4.88 Å². The van der Waals surface area contributed by atoms with Gasteiger partial charge in [0.05, 0.1) is 5.69 Å². The van der Waals surface area contributed by atoms with Gasteiger partial charge in [0.15, 0.2) is 0 Å². The fraction of sp³-hybridized carbons (Fsp3) is 0.357. The third-order valence-electron chi connectivity index (χ3n) is 3.01. The summed E-state index contributed by atoms with van der Waals surface area (Å²) in [6, 6.07) is 10.5. The van der Waals surface area contributed by atoms with Crippen molar-refractivity contribution in [1.82, 2.24) is 9.88 Å². The van der Waals surface area contributed by atoms with E-state index in [9.17, 15) is 0 Å². The van der Waals surface area contributed by atoms with Gasteiger partial charge in [-0.15, -0.1) is 11.3 Å². The summed E-state index contributed by atoms with van der Waals surface area (Å²) in [7, 11) is 2.13. The molecule has 2 aromatic heterocycles. The highest BCUT2D eigenvalue weighted by Crippen LogP contribution is 2.15. The molecule has 1 unspecified atom stereocenters. The van der Waals surface area contributed by atoms with E-state index in [1.54, 1.807) is 6.07 Å². The minimum atomic E-state index is 0.490. The van der Waals surface area contributed by atoms with Crippen molar-refractivity contribution in [3.8, 4) is 0 Å². The highest BCUT2D eigenvalue weighted by molar-refractivity contribution is 7.09. The lowest BCUT2D eigenvalue weighted by Gasteiger charge is -2.23. The van der Waals surface area contributed by atoms with Crippen LogP contribution >= 0.6 is 22.9 Å². The second-order valence-corrected chi connectivity index (χ2v) is 5.92. The number of likely N-dealkylation sites (N-methyl/N-ethyl adjacent to an activating group) is 1. The summed E-state index contributed by atoms with van der Waals surface area (Å²) < 4.78 is 0. The summed E-state index contributed by atoms with van der Waals surface area (Å²) in [5, 5.41) is 2.69. The molecule has 2 heterocycles. The Labute approximate surface area is 117 Å². The molecule has 4 heteroatoms. The molecule has 0 radical (unpaired) electrons. The van der Waals surface area contributed by atoms with Crippen LogP contribution in [0, 0.1) is 0 Å². The van der Waals surface area contributed by atoms with Gasteiger partial charge in [0.25, 0.3) is 0 Å². The average molecular weight is 281 g/mol. The Morgan fingerprint density at radius 2 is 2.17 bits per heavy atom. The average Bonchev–Trinajstić information content (AvgIpc) is 2.81. The van der Waals surface area contributed by atoms with Crippen LogP contribution < -0.4 is 0 Å². The Balaban J connectivity index is 1.93. The molecule has 0 N–H and O–H groups in total. The zero-order valence-electron chi connectivity index (χ0n) is 10.6. The highest BCUT2D eigenvalue weighted by atomic mass is 35.5. The third-order valence-corrected chi connectivity index (χ3v) is 4.12. The van der Waals surface area contributed by atoms with E-state index in [0.29, 0.717) is 11.2 Å². The van der Waals surface area contributed by atoms with Crippen molar-refractivity contribution >= 4 is 22.9 Å². The second-order valence-electron chi connectivity index (χ2n) is 4.50. The van der Waals surface area contributed by atoms with Crippen LogP contribution in [0.5, 0.6) is 0 Å². The molecular formula is C14H17ClN2S. The van der Waals surface area contributed by atoms with Gasteiger partial charge in [-0.1, -0.05) is 23.7 Å². The van der Waals surface area contributed by atoms with Crippen molar-refractivity contribution in [1.29, 1.82) is 0 Å². The number of hydrogen-bond acceptors (Lipinski definition) is 3. The van der Waals surface area contributed by atoms with E-state index in [0.717, 1.165) is 18.7 Å². The maximum absolute atomic E-state index is 5.90. The van der Waals surface area contributed by atoms with Gasteiger partial charge < -0.3 is 0 Å². The van der Waals surface area contributed by atoms with Gasteiger partial charge in [-0.25, -0.2) is 4.98 Å². The quantitative estimate of drug-likeness (QED) is 0.773. The summed E-state index contributed by atoms with van der Waals surface area (Å²) in [5.74, 6) is 0. The minimum Gasteiger partial charge on any atom is -0.298 e. The molecule has 0 aliphatic carbocycles. The lowest BCUT2D eigenvalue weighted by Crippen LogP contribution is -2.30. The second kappa shape index (κ2) is 6.32. The number of thiophene rings is 1. The van der Waals surface area contributed by atoms with E-state index in [4.69, 9.17) is 11.6 Å². The Morgan fingerprint density at radius 3 is 2.83 bits per heavy atom. The standard InChI is InChI=1S/C14H17ClN2S/c1-11(9-13-6-4-8-18-13)17(2)10-12-5-3-7-14(15)16-12/h3-8,11H,9-10H2,1-2H3. The van der Waals surface area contributed by atoms with Crippen LogP contribution in [0.15, 0.2) is 35.7 Å². The Morgan fingerprint density at radius 1 is 1.33 bits per heavy atom. The monoisotopic (exact) mass is 280 g/mol. The van der Waals surface area contributed by atoms with Crippen molar-refractivity contribution in [3.05, 3.63) is 51.4 Å². The number of rotatable bonds is 5. The van der Waals surface area contributed by atoms with Crippen LogP contribution in [0.4, 0.5) is 0 Å². The Kier molecular flexibility index (Phi) is 4.75. The first-order valence-electron chi connectivity index (χ1n) is 5.99. The van der Waals surface area contributed by atoms with Gasteiger partial charge in [-0.2, -0.15) is 0 Å². The minimum absolute atomic E-state index is 0.490. The van der Waals surface area contributed by atoms with Crippen LogP contribution in [-0.4, -0.2) is 23.0 Å². The van der Waals surface area contributed by atoms with Gasteiger partial charge in [0.1, 0.15) is 5.15 Å². The smallest absolute Gasteiger partial charge is 0.129 e. The maximum atomic E-state index is 5.90. The van der Waals surface area contributed by atoms with Crippen LogP contribution in [0.1, 0.15) is 17.5 Å². The lowest BCUT2D eigenvalue weighted by atomic mass is 10.2. The van der Waals surface area contributed by atoms with Crippen molar-refractivity contribution in [2.45, 2.75) is 25.9 Å². The zero-order chi connectivity index (χ0) is 13.0. The molecule has 0 saturated carbocycles. The predicted molar refractivity (Wildman–Crippen MR) is 78.2 cm³/mol. The topological polar surface area (TPSA) is 16.1 Å². The summed E-state index contributed by atoms with van der Waals surface area (Å²) in [4.78, 5) is 8.05. The fourth-order valence-electron chi connectivity index (χ4n) is 1.83. The maximum Gasteiger partial charge on any atom is 0.129 e. The van der Waals surface area contributed by atoms with Crippen LogP contribution in [0.2, 0.25) is 5.15 Å². The van der Waals surface area contributed by atoms with E-state index < -0.39 is 0 Å². The molecule has 2 nitrogen and oxygen atoms in total. The van der Waals surface area contributed by atoms with E-state index in [1.807, 2.05) is 23.5 Å². The van der Waals surface area contributed by atoms with E-state index in [2.05, 4.69) is 41.4 Å². The number of halogens is 1. The molecule has 0 saturated heterocycles. The van der Waals surface area contributed by atoms with Gasteiger partial charge in [-0.05, 0) is 44.0 Å². The summed E-state index contributed by atoms with van der Waals surface area (Å²) >= 11 is 7.71. The molecule has 0 aromatic carbocycles. The fourth-order valence-corrected chi connectivity index (χ4v) is 2.83. The van der Waals surface area contributed by atoms with E-state index in [-0.39, 0.29) is 0 Å². The third kappa shape index (κ3) is 3.80. The number of hydrogen-bond donors (Lipinski definition) is 0. The van der Waals surface area contributed by atoms with Crippen molar-refractivity contribution < 1.29 is 0 Å². The molecule has 2 rings (SSSR count). The van der Waals surface area contributed by atoms with Gasteiger partial charge in [0, 0.05) is 17.5 Å². The Bertz CT molecular complexity index is 484. The highest BCUT2D eigenvalue weighted by Gasteiger charge is 2.11. The zero-order valence-corrected chi connectivity index (χ0v) is 12.2. The van der Waals surface area contributed by atoms with Crippen molar-refractivity contribution in [2.75, 3.05) is 7.05 Å². The normalized spacial score (nSPS) is 12.9. The largest absolute Gasteiger partial charge is 0.298 e. The van der Waals surface area contributed by atoms with Gasteiger partial charge in [0.2, 0.25) is 0 Å². The van der Waals surface area contributed by atoms with Gasteiger partial charge >= 0.3 is 0 Å². The Hall–Kier alpha value is -0.900. The molecule has 18 heavy (non-hydrogen) atoms. The molecule has 0 aliphatic heterocycles. The number of nitrogens with zero attached hydrogens (tertiary/aromatic N) is 2. The molecule has 2 aromatic rings. The number of pyridine rings is 1. The molecule has 0 amide bonds. The first kappa shape index (κ1) is 13.5. The molecule has 0 fully saturated rings. The summed E-state index contributed by atoms with van der Waals surface area (Å²) in [6.07, 6.45) is 1.08. The number of aromatic nitrogens is 1. The predicted octanol–water partition coefficient (Wildman–Crippen LogP) is 3.86. The molecule has 96 valence electrons. The molecule has 1 atom stereocenters. The summed E-state index contributed by atoms with van der Waals surface area (Å²) in [5.41, 5.74) is 1.02. The molecule has 0 aliphatic rings. The molecular weight excluding hydrogens is 264 g/mol. The SMILES string of the molecule is CC(Cc1cccs1)N(C)Cc1cccc(Cl)n1. The van der Waals surface area contributed by atoms with Crippen LogP contribution in [0.3, 0.4) is 0 Å². The molecule has 0 bridgehead atoms. The van der Waals surface area contributed by atoms with Crippen molar-refractivity contribution in [2.24, 2.45) is 0 Å². The van der Waals surface area contributed by atoms with E-state index >= 15 is 0 Å².